The van der Waals surface area contributed by atoms with E-state index in [1.165, 1.54) is 50.8 Å². The van der Waals surface area contributed by atoms with Gasteiger partial charge in [-0.1, -0.05) is 52.4 Å². The smallest absolute Gasteiger partial charge is 0.201 e. The second-order valence-electron chi connectivity index (χ2n) is 5.55. The van der Waals surface area contributed by atoms with E-state index in [0.29, 0.717) is 11.5 Å². The molecule has 0 unspecified atom stereocenters. The van der Waals surface area contributed by atoms with Crippen LogP contribution in [0.3, 0.4) is 0 Å². The van der Waals surface area contributed by atoms with Crippen molar-refractivity contribution >= 4 is 0 Å². The first kappa shape index (κ1) is 19.1. The summed E-state index contributed by atoms with van der Waals surface area (Å²) >= 11 is 0. The summed E-state index contributed by atoms with van der Waals surface area (Å²) in [6, 6.07) is 2.25. The number of hydrogen-bond donors (Lipinski definition) is 2. The number of aryl methyl sites for hydroxylation is 1. The molecule has 0 saturated carbocycles. The van der Waals surface area contributed by atoms with E-state index in [0.717, 1.165) is 6.07 Å². The predicted octanol–water partition coefficient (Wildman–Crippen LogP) is 5.74. The van der Waals surface area contributed by atoms with Crippen molar-refractivity contribution in [2.75, 3.05) is 0 Å². The number of aromatic amines is 1. The van der Waals surface area contributed by atoms with Crippen molar-refractivity contribution in [2.24, 2.45) is 0 Å². The van der Waals surface area contributed by atoms with E-state index in [4.69, 9.17) is 0 Å². The van der Waals surface area contributed by atoms with E-state index in [2.05, 4.69) is 23.8 Å². The summed E-state index contributed by atoms with van der Waals surface area (Å²) in [7, 11) is 0. The number of benzene rings is 1. The number of phenolic OH excluding ortho intramolecular Hbond substituents is 1. The SMILES string of the molecule is CCCCCCCC.Cc1ncc(-c2ccc(F)c(F)c2O)[nH]1. The van der Waals surface area contributed by atoms with Crippen molar-refractivity contribution in [3.8, 4) is 17.0 Å². The first-order chi connectivity index (χ1) is 11.0. The zero-order chi connectivity index (χ0) is 17.2. The fourth-order valence-electron chi connectivity index (χ4n) is 2.17. The fraction of sp³-hybridized carbons (Fsp3) is 0.500. The minimum Gasteiger partial charge on any atom is -0.504 e. The van der Waals surface area contributed by atoms with Gasteiger partial charge in [0.15, 0.2) is 11.6 Å². The van der Waals surface area contributed by atoms with Crippen LogP contribution in [-0.2, 0) is 0 Å². The first-order valence-electron chi connectivity index (χ1n) is 8.20. The van der Waals surface area contributed by atoms with Crippen molar-refractivity contribution < 1.29 is 13.9 Å². The molecule has 1 heterocycles. The molecule has 128 valence electrons. The van der Waals surface area contributed by atoms with Crippen LogP contribution in [-0.4, -0.2) is 15.1 Å². The fourth-order valence-corrected chi connectivity index (χ4v) is 2.17. The van der Waals surface area contributed by atoms with Gasteiger partial charge >= 0.3 is 0 Å². The summed E-state index contributed by atoms with van der Waals surface area (Å²) in [5.41, 5.74) is 0.637. The molecule has 0 aliphatic rings. The molecular weight excluding hydrogens is 298 g/mol. The van der Waals surface area contributed by atoms with E-state index in [1.807, 2.05) is 0 Å². The topological polar surface area (TPSA) is 48.9 Å². The Morgan fingerprint density at radius 3 is 2.13 bits per heavy atom. The molecular formula is C18H26F2N2O. The van der Waals surface area contributed by atoms with Gasteiger partial charge in [-0.2, -0.15) is 4.39 Å². The largest absolute Gasteiger partial charge is 0.504 e. The lowest BCUT2D eigenvalue weighted by Gasteiger charge is -2.03. The standard InChI is InChI=1S/C10H8F2N2O.C8H18/c1-5-13-4-8(14-5)6-2-3-7(11)9(12)10(6)15;1-3-5-7-8-6-4-2/h2-4,15H,1H3,(H,13,14);3-8H2,1-2H3. The average Bonchev–Trinajstić information content (AvgIpc) is 2.96. The summed E-state index contributed by atoms with van der Waals surface area (Å²) in [4.78, 5) is 6.72. The van der Waals surface area contributed by atoms with E-state index >= 15 is 0 Å². The monoisotopic (exact) mass is 324 g/mol. The Labute approximate surface area is 136 Å². The first-order valence-corrected chi connectivity index (χ1v) is 8.20. The van der Waals surface area contributed by atoms with Crippen LogP contribution in [0.2, 0.25) is 0 Å². The minimum absolute atomic E-state index is 0.189. The third-order valence-corrected chi connectivity index (χ3v) is 3.52. The summed E-state index contributed by atoms with van der Waals surface area (Å²) in [5, 5.41) is 9.38. The van der Waals surface area contributed by atoms with Gasteiger partial charge in [0, 0.05) is 5.56 Å². The molecule has 0 aliphatic carbocycles. The maximum Gasteiger partial charge on any atom is 0.201 e. The Kier molecular flexibility index (Phi) is 8.30. The Balaban J connectivity index is 0.000000284. The van der Waals surface area contributed by atoms with Crippen LogP contribution >= 0.6 is 0 Å². The Bertz CT molecular complexity index is 591. The number of rotatable bonds is 6. The minimum atomic E-state index is -1.25. The Morgan fingerprint density at radius 2 is 1.65 bits per heavy atom. The number of H-pyrrole nitrogens is 1. The molecule has 2 aromatic rings. The quantitative estimate of drug-likeness (QED) is 0.666. The van der Waals surface area contributed by atoms with Crippen molar-refractivity contribution in [1.82, 2.24) is 9.97 Å². The van der Waals surface area contributed by atoms with E-state index < -0.39 is 17.4 Å². The van der Waals surface area contributed by atoms with Crippen LogP contribution in [0, 0.1) is 18.6 Å². The van der Waals surface area contributed by atoms with Crippen LogP contribution in [0.15, 0.2) is 18.3 Å². The number of phenols is 1. The van der Waals surface area contributed by atoms with E-state index in [-0.39, 0.29) is 5.56 Å². The Hall–Kier alpha value is -1.91. The number of imidazole rings is 1. The molecule has 2 N–H and O–H groups in total. The zero-order valence-electron chi connectivity index (χ0n) is 14.1. The molecule has 1 aromatic heterocycles. The van der Waals surface area contributed by atoms with Crippen LogP contribution in [0.25, 0.3) is 11.3 Å². The van der Waals surface area contributed by atoms with Crippen molar-refractivity contribution in [3.05, 3.63) is 35.8 Å². The van der Waals surface area contributed by atoms with Crippen molar-refractivity contribution in [2.45, 2.75) is 59.3 Å². The third kappa shape index (κ3) is 6.00. The molecule has 23 heavy (non-hydrogen) atoms. The lowest BCUT2D eigenvalue weighted by molar-refractivity contribution is 0.409. The van der Waals surface area contributed by atoms with E-state index in [9.17, 15) is 13.9 Å². The highest BCUT2D eigenvalue weighted by Gasteiger charge is 2.14. The number of nitrogens with one attached hydrogen (secondary N) is 1. The average molecular weight is 324 g/mol. The molecule has 3 nitrogen and oxygen atoms in total. The summed E-state index contributed by atoms with van der Waals surface area (Å²) in [6.07, 6.45) is 9.93. The molecule has 5 heteroatoms. The van der Waals surface area contributed by atoms with Gasteiger partial charge in [0.05, 0.1) is 11.9 Å². The van der Waals surface area contributed by atoms with Gasteiger partial charge in [0.2, 0.25) is 5.82 Å². The molecule has 0 saturated heterocycles. The van der Waals surface area contributed by atoms with Crippen LogP contribution < -0.4 is 0 Å². The number of aromatic hydroxyl groups is 1. The lowest BCUT2D eigenvalue weighted by Crippen LogP contribution is -1.88. The van der Waals surface area contributed by atoms with Gasteiger partial charge in [-0.25, -0.2) is 9.37 Å². The number of hydrogen-bond acceptors (Lipinski definition) is 2. The van der Waals surface area contributed by atoms with Gasteiger partial charge in [0.1, 0.15) is 5.82 Å². The van der Waals surface area contributed by atoms with Crippen LogP contribution in [0.4, 0.5) is 8.78 Å². The second-order valence-corrected chi connectivity index (χ2v) is 5.55. The number of nitrogens with zero attached hydrogens (tertiary/aromatic N) is 1. The van der Waals surface area contributed by atoms with Crippen molar-refractivity contribution in [1.29, 1.82) is 0 Å². The van der Waals surface area contributed by atoms with Gasteiger partial charge < -0.3 is 10.1 Å². The van der Waals surface area contributed by atoms with Crippen molar-refractivity contribution in [3.63, 3.8) is 0 Å². The molecule has 0 fully saturated rings. The molecule has 0 bridgehead atoms. The van der Waals surface area contributed by atoms with Gasteiger partial charge in [0.25, 0.3) is 0 Å². The summed E-state index contributed by atoms with van der Waals surface area (Å²) in [6.45, 7) is 6.23. The molecule has 0 aliphatic heterocycles. The lowest BCUT2D eigenvalue weighted by atomic mass is 10.1. The summed E-state index contributed by atoms with van der Waals surface area (Å²) < 4.78 is 25.7. The highest BCUT2D eigenvalue weighted by Crippen LogP contribution is 2.31. The molecule has 0 amide bonds. The molecule has 0 atom stereocenters. The normalized spacial score (nSPS) is 10.3. The summed E-state index contributed by atoms with van der Waals surface area (Å²) in [5.74, 6) is -2.40. The molecule has 0 radical (unpaired) electrons. The molecule has 2 rings (SSSR count). The molecule has 1 aromatic carbocycles. The maximum atomic E-state index is 13.0. The molecule has 0 spiro atoms. The van der Waals surface area contributed by atoms with Gasteiger partial charge in [-0.3, -0.25) is 0 Å². The number of unbranched alkanes of at least 4 members (excludes halogenated alkanes) is 5. The number of halogens is 2. The number of aromatic nitrogens is 2. The zero-order valence-corrected chi connectivity index (χ0v) is 14.1. The van der Waals surface area contributed by atoms with Gasteiger partial charge in [-0.15, -0.1) is 0 Å². The van der Waals surface area contributed by atoms with E-state index in [1.54, 1.807) is 6.92 Å². The maximum absolute atomic E-state index is 13.0. The highest BCUT2D eigenvalue weighted by molar-refractivity contribution is 5.66. The third-order valence-electron chi connectivity index (χ3n) is 3.52. The highest BCUT2D eigenvalue weighted by atomic mass is 19.2. The second kappa shape index (κ2) is 9.98. The predicted molar refractivity (Wildman–Crippen MR) is 89.4 cm³/mol. The van der Waals surface area contributed by atoms with Crippen LogP contribution in [0.1, 0.15) is 58.2 Å². The van der Waals surface area contributed by atoms with Gasteiger partial charge in [-0.05, 0) is 19.1 Å². The van der Waals surface area contributed by atoms with Crippen LogP contribution in [0.5, 0.6) is 5.75 Å². The Morgan fingerprint density at radius 1 is 1.04 bits per heavy atom.